The fraction of sp³-hybridized carbons (Fsp3) is 0.857. The molecule has 0 saturated carbocycles. The summed E-state index contributed by atoms with van der Waals surface area (Å²) in [6.07, 6.45) is -0.371. The highest BCUT2D eigenvalue weighted by molar-refractivity contribution is 6.07. The fourth-order valence-electron chi connectivity index (χ4n) is 2.89. The van der Waals surface area contributed by atoms with Crippen LogP contribution in [0.1, 0.15) is 27.2 Å². The number of amides is 3. The molecular formula is C14H22N2O5. The van der Waals surface area contributed by atoms with Gasteiger partial charge in [0.1, 0.15) is 11.6 Å². The lowest BCUT2D eigenvalue weighted by atomic mass is 10.0. The van der Waals surface area contributed by atoms with Gasteiger partial charge in [0.2, 0.25) is 0 Å². The van der Waals surface area contributed by atoms with Crippen LogP contribution in [0.15, 0.2) is 0 Å². The lowest BCUT2D eigenvalue weighted by Gasteiger charge is -2.26. The molecule has 0 aliphatic carbocycles. The van der Waals surface area contributed by atoms with Crippen molar-refractivity contribution in [3.63, 3.8) is 0 Å². The van der Waals surface area contributed by atoms with Crippen LogP contribution in [0, 0.1) is 0 Å². The molecule has 3 rings (SSSR count). The molecule has 3 aliphatic rings. The van der Waals surface area contributed by atoms with Gasteiger partial charge < -0.3 is 19.5 Å². The molecule has 3 aliphatic heterocycles. The topological polar surface area (TPSA) is 85.9 Å². The number of nitrogens with zero attached hydrogens (tertiary/aromatic N) is 2. The zero-order valence-corrected chi connectivity index (χ0v) is 12.6. The normalized spacial score (nSPS) is 33.3. The summed E-state index contributed by atoms with van der Waals surface area (Å²) in [5.74, 6) is -0.227. The molecule has 0 spiro atoms. The molecule has 21 heavy (non-hydrogen) atoms. The predicted molar refractivity (Wildman–Crippen MR) is 72.6 cm³/mol. The number of carbonyl (C=O) groups excluding carboxylic acids is 2. The van der Waals surface area contributed by atoms with Crippen molar-refractivity contribution in [2.45, 2.75) is 57.1 Å². The highest BCUT2D eigenvalue weighted by atomic mass is 16.6. The molecule has 0 aromatic carbocycles. The minimum Gasteiger partial charge on any atom is -0.393 e. The number of aliphatic hydroxyl groups excluding tert-OH is 1. The number of hydrogen-bond acceptors (Lipinski definition) is 5. The smallest absolute Gasteiger partial charge is 0.328 e. The van der Waals surface area contributed by atoms with Crippen molar-refractivity contribution in [1.82, 2.24) is 9.80 Å². The molecule has 0 aromatic heterocycles. The molecule has 118 valence electrons. The highest BCUT2D eigenvalue weighted by Crippen LogP contribution is 2.35. The number of aliphatic hydroxyl groups is 1. The Balaban J connectivity index is 1.83. The summed E-state index contributed by atoms with van der Waals surface area (Å²) in [5, 5.41) is 9.65. The molecule has 4 atom stereocenters. The maximum Gasteiger partial charge on any atom is 0.328 e. The molecule has 0 radical (unpaired) electrons. The minimum absolute atomic E-state index is 0.0355. The van der Waals surface area contributed by atoms with Crippen molar-refractivity contribution in [3.8, 4) is 0 Å². The van der Waals surface area contributed by atoms with Crippen molar-refractivity contribution in [3.05, 3.63) is 0 Å². The first kappa shape index (κ1) is 14.7. The summed E-state index contributed by atoms with van der Waals surface area (Å²) in [6.45, 7) is 6.76. The van der Waals surface area contributed by atoms with Crippen LogP contribution in [-0.2, 0) is 14.3 Å². The Morgan fingerprint density at radius 1 is 1.33 bits per heavy atom. The van der Waals surface area contributed by atoms with Gasteiger partial charge in [-0.05, 0) is 27.2 Å². The highest BCUT2D eigenvalue weighted by Gasteiger charge is 2.57. The predicted octanol–water partition coefficient (Wildman–Crippen LogP) is -0.0337. The van der Waals surface area contributed by atoms with Gasteiger partial charge in [0.15, 0.2) is 0 Å². The lowest BCUT2D eigenvalue weighted by molar-refractivity contribution is -0.134. The van der Waals surface area contributed by atoms with E-state index in [4.69, 9.17) is 9.47 Å². The largest absolute Gasteiger partial charge is 0.393 e. The van der Waals surface area contributed by atoms with Gasteiger partial charge in [0.25, 0.3) is 5.91 Å². The quantitative estimate of drug-likeness (QED) is 0.549. The number of epoxide rings is 2. The number of urea groups is 1. The lowest BCUT2D eigenvalue weighted by Crippen LogP contribution is -2.47. The van der Waals surface area contributed by atoms with E-state index < -0.39 is 17.7 Å². The molecule has 7 nitrogen and oxygen atoms in total. The van der Waals surface area contributed by atoms with Crippen LogP contribution in [0.4, 0.5) is 4.79 Å². The number of ether oxygens (including phenoxy) is 2. The fourth-order valence-corrected chi connectivity index (χ4v) is 2.89. The number of carbonyl (C=O) groups is 2. The molecule has 7 heteroatoms. The maximum absolute atomic E-state index is 12.7. The van der Waals surface area contributed by atoms with Crippen LogP contribution >= 0.6 is 0 Å². The van der Waals surface area contributed by atoms with Crippen molar-refractivity contribution in [2.75, 3.05) is 19.8 Å². The third-order valence-electron chi connectivity index (χ3n) is 4.35. The van der Waals surface area contributed by atoms with E-state index in [0.717, 1.165) is 0 Å². The second-order valence-corrected chi connectivity index (χ2v) is 6.61. The van der Waals surface area contributed by atoms with Crippen molar-refractivity contribution >= 4 is 11.9 Å². The molecule has 3 saturated heterocycles. The van der Waals surface area contributed by atoms with Gasteiger partial charge in [-0.1, -0.05) is 0 Å². The van der Waals surface area contributed by atoms with E-state index >= 15 is 0 Å². The summed E-state index contributed by atoms with van der Waals surface area (Å²) in [5.41, 5.74) is -0.880. The third kappa shape index (κ3) is 2.65. The molecule has 1 N–H and O–H groups in total. The molecule has 0 bridgehead atoms. The summed E-state index contributed by atoms with van der Waals surface area (Å²) in [7, 11) is 0. The van der Waals surface area contributed by atoms with E-state index in [9.17, 15) is 14.7 Å². The summed E-state index contributed by atoms with van der Waals surface area (Å²) >= 11 is 0. The molecule has 3 amide bonds. The van der Waals surface area contributed by atoms with Crippen LogP contribution in [0.25, 0.3) is 0 Å². The Morgan fingerprint density at radius 3 is 2.43 bits per heavy atom. The minimum atomic E-state index is -0.880. The average Bonchev–Trinajstić information content (AvgIpc) is 3.26. The van der Waals surface area contributed by atoms with E-state index in [2.05, 4.69) is 0 Å². The molecule has 4 unspecified atom stereocenters. The Bertz CT molecular complexity index is 456. The Hall–Kier alpha value is -1.18. The van der Waals surface area contributed by atoms with Gasteiger partial charge in [-0.2, -0.15) is 0 Å². The van der Waals surface area contributed by atoms with Crippen LogP contribution in [-0.4, -0.2) is 76.5 Å². The van der Waals surface area contributed by atoms with Gasteiger partial charge in [0, 0.05) is 0 Å². The number of hydrogen-bond donors (Lipinski definition) is 1. The van der Waals surface area contributed by atoms with E-state index in [0.29, 0.717) is 26.2 Å². The zero-order valence-electron chi connectivity index (χ0n) is 12.6. The molecule has 3 fully saturated rings. The molecule has 0 aromatic rings. The van der Waals surface area contributed by atoms with Gasteiger partial charge in [-0.15, -0.1) is 0 Å². The standard InChI is InChI=1S/C14H22N2O5/c1-8(17)4-10(11-7-21-11)16-12(18)14(2,3)15(13(16)19)5-9-6-20-9/h8-11,17H,4-7H2,1-3H3. The Kier molecular flexibility index (Phi) is 3.46. The summed E-state index contributed by atoms with van der Waals surface area (Å²) in [6, 6.07) is -0.698. The second kappa shape index (κ2) is 4.93. The van der Waals surface area contributed by atoms with E-state index in [1.54, 1.807) is 25.7 Å². The van der Waals surface area contributed by atoms with E-state index in [-0.39, 0.29) is 24.1 Å². The monoisotopic (exact) mass is 298 g/mol. The van der Waals surface area contributed by atoms with E-state index in [1.165, 1.54) is 4.90 Å². The van der Waals surface area contributed by atoms with Crippen LogP contribution < -0.4 is 0 Å². The first-order valence-corrected chi connectivity index (χ1v) is 7.39. The van der Waals surface area contributed by atoms with Crippen LogP contribution in [0.3, 0.4) is 0 Å². The van der Waals surface area contributed by atoms with E-state index in [1.807, 2.05) is 0 Å². The second-order valence-electron chi connectivity index (χ2n) is 6.61. The van der Waals surface area contributed by atoms with Crippen LogP contribution in [0.2, 0.25) is 0 Å². The van der Waals surface area contributed by atoms with Gasteiger partial charge in [-0.3, -0.25) is 9.69 Å². The van der Waals surface area contributed by atoms with Crippen LogP contribution in [0.5, 0.6) is 0 Å². The zero-order chi connectivity index (χ0) is 15.4. The first-order valence-electron chi connectivity index (χ1n) is 7.39. The maximum atomic E-state index is 12.7. The van der Waals surface area contributed by atoms with Gasteiger partial charge in [-0.25, -0.2) is 4.79 Å². The molecular weight excluding hydrogens is 276 g/mol. The van der Waals surface area contributed by atoms with Crippen molar-refractivity contribution in [1.29, 1.82) is 0 Å². The SMILES string of the molecule is CC(O)CC(C1CO1)N1C(=O)N(CC2CO2)C(C)(C)C1=O. The number of rotatable bonds is 6. The first-order chi connectivity index (χ1) is 9.82. The van der Waals surface area contributed by atoms with Gasteiger partial charge in [0.05, 0.1) is 38.0 Å². The average molecular weight is 298 g/mol. The summed E-state index contributed by atoms with van der Waals surface area (Å²) < 4.78 is 10.5. The Labute approximate surface area is 123 Å². The molecule has 3 heterocycles. The summed E-state index contributed by atoms with van der Waals surface area (Å²) in [4.78, 5) is 28.2. The third-order valence-corrected chi connectivity index (χ3v) is 4.35. The van der Waals surface area contributed by atoms with Crippen molar-refractivity contribution in [2.24, 2.45) is 0 Å². The Morgan fingerprint density at radius 2 is 1.95 bits per heavy atom. The van der Waals surface area contributed by atoms with Gasteiger partial charge >= 0.3 is 6.03 Å². The van der Waals surface area contributed by atoms with Crippen molar-refractivity contribution < 1.29 is 24.2 Å². The number of imide groups is 1.